The molecular formula is C11H19NO3. The maximum absolute atomic E-state index is 5.87. The molecule has 0 amide bonds. The number of hydrogen-bond acceptors (Lipinski definition) is 4. The quantitative estimate of drug-likeness (QED) is 0.689. The molecule has 3 aliphatic heterocycles. The van der Waals surface area contributed by atoms with Crippen LogP contribution in [0, 0.1) is 11.8 Å². The summed E-state index contributed by atoms with van der Waals surface area (Å²) < 4.78 is 17.5. The zero-order valence-corrected chi connectivity index (χ0v) is 8.98. The molecule has 4 fully saturated rings. The van der Waals surface area contributed by atoms with E-state index in [9.17, 15) is 0 Å². The molecule has 86 valence electrons. The number of ether oxygens (including phenoxy) is 3. The van der Waals surface area contributed by atoms with Crippen LogP contribution in [0.2, 0.25) is 0 Å². The van der Waals surface area contributed by atoms with E-state index in [-0.39, 0.29) is 6.10 Å². The molecule has 2 N–H and O–H groups in total. The minimum absolute atomic E-state index is 0.104. The van der Waals surface area contributed by atoms with Gasteiger partial charge in [0, 0.05) is 6.42 Å². The third kappa shape index (κ3) is 1.51. The summed E-state index contributed by atoms with van der Waals surface area (Å²) in [4.78, 5) is 0. The van der Waals surface area contributed by atoms with Crippen molar-refractivity contribution in [3.05, 3.63) is 0 Å². The predicted octanol–water partition coefficient (Wildman–Crippen LogP) is 0.503. The van der Waals surface area contributed by atoms with Crippen molar-refractivity contribution >= 4 is 0 Å². The number of rotatable bonds is 1. The van der Waals surface area contributed by atoms with Crippen LogP contribution in [0.25, 0.3) is 0 Å². The molecule has 4 rings (SSSR count). The van der Waals surface area contributed by atoms with Crippen molar-refractivity contribution in [2.45, 2.75) is 31.2 Å². The summed E-state index contributed by atoms with van der Waals surface area (Å²) in [5.41, 5.74) is 5.81. The van der Waals surface area contributed by atoms with Gasteiger partial charge in [0.1, 0.15) is 6.10 Å². The minimum atomic E-state index is -0.432. The second-order valence-electron chi connectivity index (χ2n) is 4.86. The Kier molecular flexibility index (Phi) is 2.47. The highest BCUT2D eigenvalue weighted by atomic mass is 16.8. The number of nitrogens with two attached hydrogens (primary N) is 1. The Morgan fingerprint density at radius 2 is 2.07 bits per heavy atom. The van der Waals surface area contributed by atoms with Crippen LogP contribution < -0.4 is 5.73 Å². The largest absolute Gasteiger partial charge is 0.372 e. The monoisotopic (exact) mass is 213 g/mol. The number of hydrogen-bond donors (Lipinski definition) is 1. The van der Waals surface area contributed by atoms with Crippen molar-refractivity contribution in [2.24, 2.45) is 17.6 Å². The van der Waals surface area contributed by atoms with Gasteiger partial charge in [-0.25, -0.2) is 0 Å². The lowest BCUT2D eigenvalue weighted by Crippen LogP contribution is -2.47. The maximum atomic E-state index is 5.87. The first-order valence-electron chi connectivity index (χ1n) is 5.94. The maximum Gasteiger partial charge on any atom is 0.194 e. The first-order valence-corrected chi connectivity index (χ1v) is 5.94. The molecule has 4 heteroatoms. The van der Waals surface area contributed by atoms with Crippen LogP contribution in [0.1, 0.15) is 19.3 Å². The third-order valence-electron chi connectivity index (χ3n) is 4.13. The van der Waals surface area contributed by atoms with Gasteiger partial charge in [-0.3, -0.25) is 0 Å². The standard InChI is InChI=1S/C11H19NO3/c12-6-9-5-10-11(14-3-4-15-11)2-1-8(9)7-13-10/h8-10H,1-7,12H2. The zero-order valence-electron chi connectivity index (χ0n) is 8.98. The Balaban J connectivity index is 1.83. The molecular weight excluding hydrogens is 194 g/mol. The van der Waals surface area contributed by atoms with E-state index in [1.54, 1.807) is 0 Å². The summed E-state index contributed by atoms with van der Waals surface area (Å²) in [5, 5.41) is 0. The van der Waals surface area contributed by atoms with E-state index in [4.69, 9.17) is 19.9 Å². The molecule has 0 aromatic heterocycles. The normalized spacial score (nSPS) is 43.4. The highest BCUT2D eigenvalue weighted by molar-refractivity contribution is 4.95. The first-order chi connectivity index (χ1) is 7.34. The van der Waals surface area contributed by atoms with E-state index in [0.717, 1.165) is 32.4 Å². The Morgan fingerprint density at radius 1 is 1.27 bits per heavy atom. The molecule has 0 radical (unpaired) electrons. The average Bonchev–Trinajstić information content (AvgIpc) is 2.63. The van der Waals surface area contributed by atoms with Crippen molar-refractivity contribution in [3.8, 4) is 0 Å². The first kappa shape index (κ1) is 10.0. The van der Waals surface area contributed by atoms with E-state index < -0.39 is 5.79 Å². The third-order valence-corrected chi connectivity index (χ3v) is 4.13. The van der Waals surface area contributed by atoms with Crippen LogP contribution in [0.15, 0.2) is 0 Å². The Labute approximate surface area is 90.1 Å². The van der Waals surface area contributed by atoms with Gasteiger partial charge in [0.25, 0.3) is 0 Å². The van der Waals surface area contributed by atoms with E-state index >= 15 is 0 Å². The summed E-state index contributed by atoms with van der Waals surface area (Å²) in [7, 11) is 0. The van der Waals surface area contributed by atoms with Crippen molar-refractivity contribution in [1.29, 1.82) is 0 Å². The van der Waals surface area contributed by atoms with Crippen molar-refractivity contribution in [3.63, 3.8) is 0 Å². The SMILES string of the molecule is NCC1CC2OCC1CCC21OCCO1. The molecule has 1 saturated carbocycles. The topological polar surface area (TPSA) is 53.7 Å². The minimum Gasteiger partial charge on any atom is -0.372 e. The van der Waals surface area contributed by atoms with E-state index in [0.29, 0.717) is 25.0 Å². The van der Waals surface area contributed by atoms with Gasteiger partial charge in [-0.1, -0.05) is 0 Å². The van der Waals surface area contributed by atoms with Gasteiger partial charge >= 0.3 is 0 Å². The van der Waals surface area contributed by atoms with Gasteiger partial charge in [0.2, 0.25) is 0 Å². The fraction of sp³-hybridized carbons (Fsp3) is 1.00. The molecule has 0 aromatic rings. The average molecular weight is 213 g/mol. The molecule has 4 nitrogen and oxygen atoms in total. The van der Waals surface area contributed by atoms with Crippen LogP contribution in [0.4, 0.5) is 0 Å². The van der Waals surface area contributed by atoms with Gasteiger partial charge < -0.3 is 19.9 Å². The van der Waals surface area contributed by atoms with Crippen LogP contribution in [-0.2, 0) is 14.2 Å². The second kappa shape index (κ2) is 3.70. The number of fused-ring (bicyclic) bond motifs is 3. The summed E-state index contributed by atoms with van der Waals surface area (Å²) in [6, 6.07) is 0. The molecule has 4 aliphatic rings. The van der Waals surface area contributed by atoms with Crippen molar-refractivity contribution < 1.29 is 14.2 Å². The van der Waals surface area contributed by atoms with Gasteiger partial charge in [0.05, 0.1) is 19.8 Å². The fourth-order valence-corrected chi connectivity index (χ4v) is 3.17. The van der Waals surface area contributed by atoms with Gasteiger partial charge in [-0.15, -0.1) is 0 Å². The van der Waals surface area contributed by atoms with Crippen LogP contribution in [-0.4, -0.2) is 38.3 Å². The summed E-state index contributed by atoms with van der Waals surface area (Å²) >= 11 is 0. The highest BCUT2D eigenvalue weighted by Gasteiger charge is 2.51. The summed E-state index contributed by atoms with van der Waals surface area (Å²) in [5.74, 6) is 0.771. The van der Waals surface area contributed by atoms with Crippen molar-refractivity contribution in [2.75, 3.05) is 26.4 Å². The van der Waals surface area contributed by atoms with Gasteiger partial charge in [-0.2, -0.15) is 0 Å². The van der Waals surface area contributed by atoms with Crippen LogP contribution in [0.5, 0.6) is 0 Å². The molecule has 3 unspecified atom stereocenters. The second-order valence-corrected chi connectivity index (χ2v) is 4.86. The van der Waals surface area contributed by atoms with E-state index in [2.05, 4.69) is 0 Å². The molecule has 3 saturated heterocycles. The molecule has 3 heterocycles. The molecule has 0 aromatic carbocycles. The Morgan fingerprint density at radius 3 is 2.80 bits per heavy atom. The van der Waals surface area contributed by atoms with Crippen LogP contribution in [0.3, 0.4) is 0 Å². The smallest absolute Gasteiger partial charge is 0.194 e. The Hall–Kier alpha value is -0.160. The predicted molar refractivity (Wildman–Crippen MR) is 54.3 cm³/mol. The Bertz CT molecular complexity index is 240. The lowest BCUT2D eigenvalue weighted by molar-refractivity contribution is -0.238. The molecule has 15 heavy (non-hydrogen) atoms. The molecule has 1 aliphatic carbocycles. The van der Waals surface area contributed by atoms with Crippen LogP contribution >= 0.6 is 0 Å². The summed E-state index contributed by atoms with van der Waals surface area (Å²) in [6.07, 6.45) is 3.20. The lowest BCUT2D eigenvalue weighted by Gasteiger charge is -2.37. The van der Waals surface area contributed by atoms with Crippen molar-refractivity contribution in [1.82, 2.24) is 0 Å². The van der Waals surface area contributed by atoms with E-state index in [1.165, 1.54) is 0 Å². The fourth-order valence-electron chi connectivity index (χ4n) is 3.17. The van der Waals surface area contributed by atoms with Gasteiger partial charge in [-0.05, 0) is 31.2 Å². The van der Waals surface area contributed by atoms with E-state index in [1.807, 2.05) is 0 Å². The molecule has 2 bridgehead atoms. The summed E-state index contributed by atoms with van der Waals surface area (Å²) in [6.45, 7) is 3.01. The highest BCUT2D eigenvalue weighted by Crippen LogP contribution is 2.44. The lowest BCUT2D eigenvalue weighted by atomic mass is 9.86. The zero-order chi connectivity index (χ0) is 10.3. The molecule has 3 atom stereocenters. The molecule has 1 spiro atoms. The van der Waals surface area contributed by atoms with Gasteiger partial charge in [0.15, 0.2) is 5.79 Å².